The Labute approximate surface area is 101 Å². The van der Waals surface area contributed by atoms with Gasteiger partial charge in [0.1, 0.15) is 0 Å². The summed E-state index contributed by atoms with van der Waals surface area (Å²) in [5.74, 6) is 0. The first-order valence-corrected chi connectivity index (χ1v) is 6.75. The SMILES string of the molecule is CCCCC[C@H]1N[C@H]1CC/C=C\C(C)(C)N. The monoisotopic (exact) mass is 224 g/mol. The molecule has 0 amide bonds. The molecular weight excluding hydrogens is 196 g/mol. The van der Waals surface area contributed by atoms with Crippen LogP contribution in [0.1, 0.15) is 59.3 Å². The summed E-state index contributed by atoms with van der Waals surface area (Å²) in [4.78, 5) is 0. The maximum Gasteiger partial charge on any atom is 0.0281 e. The molecule has 2 atom stereocenters. The summed E-state index contributed by atoms with van der Waals surface area (Å²) >= 11 is 0. The van der Waals surface area contributed by atoms with Gasteiger partial charge in [0.25, 0.3) is 0 Å². The van der Waals surface area contributed by atoms with E-state index in [4.69, 9.17) is 5.73 Å². The van der Waals surface area contributed by atoms with Gasteiger partial charge >= 0.3 is 0 Å². The van der Waals surface area contributed by atoms with Gasteiger partial charge in [-0.15, -0.1) is 0 Å². The average molecular weight is 224 g/mol. The second-order valence-corrected chi connectivity index (χ2v) is 5.68. The lowest BCUT2D eigenvalue weighted by molar-refractivity contribution is 0.639. The minimum absolute atomic E-state index is 0.155. The van der Waals surface area contributed by atoms with E-state index in [0.717, 1.165) is 18.5 Å². The third-order valence-corrected chi connectivity index (χ3v) is 3.12. The fourth-order valence-corrected chi connectivity index (χ4v) is 2.07. The third-order valence-electron chi connectivity index (χ3n) is 3.12. The maximum atomic E-state index is 5.87. The number of hydrogen-bond donors (Lipinski definition) is 2. The average Bonchev–Trinajstić information content (AvgIpc) is 2.91. The van der Waals surface area contributed by atoms with Crippen LogP contribution in [0, 0.1) is 0 Å². The Morgan fingerprint density at radius 3 is 2.50 bits per heavy atom. The van der Waals surface area contributed by atoms with Crippen molar-refractivity contribution in [2.75, 3.05) is 0 Å². The molecular formula is C14H28N2. The molecule has 0 spiro atoms. The molecule has 0 aliphatic carbocycles. The first-order valence-electron chi connectivity index (χ1n) is 6.75. The van der Waals surface area contributed by atoms with Crippen LogP contribution < -0.4 is 11.1 Å². The Morgan fingerprint density at radius 1 is 1.19 bits per heavy atom. The van der Waals surface area contributed by atoms with E-state index in [2.05, 4.69) is 24.4 Å². The molecule has 2 heteroatoms. The van der Waals surface area contributed by atoms with E-state index in [-0.39, 0.29) is 5.54 Å². The molecule has 1 fully saturated rings. The highest BCUT2D eigenvalue weighted by Gasteiger charge is 2.33. The fourth-order valence-electron chi connectivity index (χ4n) is 2.07. The Kier molecular flexibility index (Phi) is 5.50. The van der Waals surface area contributed by atoms with Crippen LogP contribution in [0.3, 0.4) is 0 Å². The molecule has 1 aliphatic heterocycles. The predicted octanol–water partition coefficient (Wildman–Crippen LogP) is 2.98. The second kappa shape index (κ2) is 6.41. The summed E-state index contributed by atoms with van der Waals surface area (Å²) in [5.41, 5.74) is 5.72. The van der Waals surface area contributed by atoms with E-state index in [1.807, 2.05) is 13.8 Å². The molecule has 0 aromatic rings. The minimum atomic E-state index is -0.155. The number of rotatable bonds is 8. The molecule has 0 aromatic heterocycles. The van der Waals surface area contributed by atoms with Crippen LogP contribution in [-0.2, 0) is 0 Å². The van der Waals surface area contributed by atoms with Crippen LogP contribution in [0.5, 0.6) is 0 Å². The molecule has 1 heterocycles. The normalized spacial score (nSPS) is 25.2. The van der Waals surface area contributed by atoms with Crippen LogP contribution >= 0.6 is 0 Å². The summed E-state index contributed by atoms with van der Waals surface area (Å²) in [6.45, 7) is 6.33. The topological polar surface area (TPSA) is 48.0 Å². The molecule has 1 rings (SSSR count). The predicted molar refractivity (Wildman–Crippen MR) is 71.5 cm³/mol. The number of nitrogens with two attached hydrogens (primary N) is 1. The zero-order chi connectivity index (χ0) is 12.0. The van der Waals surface area contributed by atoms with Crippen molar-refractivity contribution < 1.29 is 0 Å². The van der Waals surface area contributed by atoms with Gasteiger partial charge in [-0.1, -0.05) is 38.3 Å². The van der Waals surface area contributed by atoms with Gasteiger partial charge in [-0.3, -0.25) is 0 Å². The molecule has 16 heavy (non-hydrogen) atoms. The fraction of sp³-hybridized carbons (Fsp3) is 0.857. The number of hydrogen-bond acceptors (Lipinski definition) is 2. The van der Waals surface area contributed by atoms with Gasteiger partial charge in [0.15, 0.2) is 0 Å². The van der Waals surface area contributed by atoms with Crippen molar-refractivity contribution in [1.82, 2.24) is 5.32 Å². The standard InChI is InChI=1S/C14H28N2/c1-4-5-6-9-12-13(16-12)10-7-8-11-14(2,3)15/h8,11-13,16H,4-7,9-10,15H2,1-3H3/b11-8-/t12-,13+/m1/s1. The Morgan fingerprint density at radius 2 is 1.88 bits per heavy atom. The summed E-state index contributed by atoms with van der Waals surface area (Å²) in [7, 11) is 0. The van der Waals surface area contributed by atoms with Crippen LogP contribution in [0.2, 0.25) is 0 Å². The molecule has 3 N–H and O–H groups in total. The molecule has 0 aromatic carbocycles. The van der Waals surface area contributed by atoms with Gasteiger partial charge in [-0.05, 0) is 33.1 Å². The first-order chi connectivity index (χ1) is 7.53. The molecule has 0 bridgehead atoms. The van der Waals surface area contributed by atoms with Gasteiger partial charge in [-0.2, -0.15) is 0 Å². The lowest BCUT2D eigenvalue weighted by atomic mass is 10.0. The van der Waals surface area contributed by atoms with Gasteiger partial charge in [0.05, 0.1) is 0 Å². The Hall–Kier alpha value is -0.340. The maximum absolute atomic E-state index is 5.87. The van der Waals surface area contributed by atoms with Gasteiger partial charge in [0.2, 0.25) is 0 Å². The Bertz CT molecular complexity index is 215. The molecule has 1 aliphatic rings. The minimum Gasteiger partial charge on any atom is -0.322 e. The van der Waals surface area contributed by atoms with Crippen LogP contribution in [-0.4, -0.2) is 17.6 Å². The lowest BCUT2D eigenvalue weighted by Gasteiger charge is -2.11. The Balaban J connectivity index is 1.98. The van der Waals surface area contributed by atoms with Crippen molar-refractivity contribution in [2.24, 2.45) is 5.73 Å². The van der Waals surface area contributed by atoms with Crippen LogP contribution in [0.4, 0.5) is 0 Å². The van der Waals surface area contributed by atoms with Gasteiger partial charge in [-0.25, -0.2) is 0 Å². The lowest BCUT2D eigenvalue weighted by Crippen LogP contribution is -2.28. The van der Waals surface area contributed by atoms with Crippen LogP contribution in [0.15, 0.2) is 12.2 Å². The summed E-state index contributed by atoms with van der Waals surface area (Å²) < 4.78 is 0. The van der Waals surface area contributed by atoms with E-state index in [0.29, 0.717) is 0 Å². The van der Waals surface area contributed by atoms with Crippen molar-refractivity contribution in [3.05, 3.63) is 12.2 Å². The molecule has 2 nitrogen and oxygen atoms in total. The van der Waals surface area contributed by atoms with Crippen molar-refractivity contribution in [3.63, 3.8) is 0 Å². The number of allylic oxidation sites excluding steroid dienone is 1. The summed E-state index contributed by atoms with van der Waals surface area (Å²) in [6, 6.07) is 1.59. The summed E-state index contributed by atoms with van der Waals surface area (Å²) in [5, 5.41) is 3.56. The van der Waals surface area contributed by atoms with E-state index in [9.17, 15) is 0 Å². The molecule has 0 unspecified atom stereocenters. The van der Waals surface area contributed by atoms with E-state index in [1.54, 1.807) is 0 Å². The van der Waals surface area contributed by atoms with E-state index >= 15 is 0 Å². The van der Waals surface area contributed by atoms with Crippen molar-refractivity contribution in [2.45, 2.75) is 76.9 Å². The van der Waals surface area contributed by atoms with E-state index in [1.165, 1.54) is 32.1 Å². The van der Waals surface area contributed by atoms with Crippen molar-refractivity contribution >= 4 is 0 Å². The van der Waals surface area contributed by atoms with Gasteiger partial charge in [0, 0.05) is 17.6 Å². The van der Waals surface area contributed by atoms with Crippen molar-refractivity contribution in [3.8, 4) is 0 Å². The molecule has 0 radical (unpaired) electrons. The van der Waals surface area contributed by atoms with Crippen LogP contribution in [0.25, 0.3) is 0 Å². The molecule has 0 saturated carbocycles. The van der Waals surface area contributed by atoms with Gasteiger partial charge < -0.3 is 11.1 Å². The highest BCUT2D eigenvalue weighted by Crippen LogP contribution is 2.22. The second-order valence-electron chi connectivity index (χ2n) is 5.68. The zero-order valence-electron chi connectivity index (χ0n) is 11.1. The first kappa shape index (κ1) is 13.7. The quantitative estimate of drug-likeness (QED) is 0.378. The highest BCUT2D eigenvalue weighted by atomic mass is 15.1. The number of nitrogens with one attached hydrogen (secondary N) is 1. The number of unbranched alkanes of at least 4 members (excludes halogenated alkanes) is 2. The largest absolute Gasteiger partial charge is 0.322 e. The highest BCUT2D eigenvalue weighted by molar-refractivity contribution is 5.02. The zero-order valence-corrected chi connectivity index (χ0v) is 11.1. The summed E-state index contributed by atoms with van der Waals surface area (Å²) in [6.07, 6.45) is 12.2. The smallest absolute Gasteiger partial charge is 0.0281 e. The van der Waals surface area contributed by atoms with Crippen molar-refractivity contribution in [1.29, 1.82) is 0 Å². The third kappa shape index (κ3) is 6.29. The van der Waals surface area contributed by atoms with E-state index < -0.39 is 0 Å². The molecule has 1 saturated heterocycles. The molecule has 94 valence electrons.